The number of nitrogens with zero attached hydrogens (tertiary/aromatic N) is 2. The van der Waals surface area contributed by atoms with E-state index in [9.17, 15) is 13.2 Å². The highest BCUT2D eigenvalue weighted by Gasteiger charge is 2.22. The van der Waals surface area contributed by atoms with Gasteiger partial charge in [-0.1, -0.05) is 35.5 Å². The number of fused-ring (bicyclic) bond motifs is 1. The Bertz CT molecular complexity index is 1370. The van der Waals surface area contributed by atoms with Crippen molar-refractivity contribution in [1.82, 2.24) is 5.16 Å². The molecule has 0 bridgehead atoms. The monoisotopic (exact) mass is 450 g/mol. The van der Waals surface area contributed by atoms with E-state index in [4.69, 9.17) is 9.26 Å². The molecular weight excluding hydrogens is 428 g/mol. The van der Waals surface area contributed by atoms with E-state index in [-0.39, 0.29) is 11.3 Å². The summed E-state index contributed by atoms with van der Waals surface area (Å²) in [5.74, 6) is 0.446. The van der Waals surface area contributed by atoms with Crippen molar-refractivity contribution in [3.63, 3.8) is 0 Å². The molecule has 32 heavy (non-hydrogen) atoms. The predicted octanol–water partition coefficient (Wildman–Crippen LogP) is 4.42. The lowest BCUT2D eigenvalue weighted by Crippen LogP contribution is -2.26. The predicted molar refractivity (Wildman–Crippen MR) is 121 cm³/mol. The van der Waals surface area contributed by atoms with Gasteiger partial charge in [0.1, 0.15) is 11.5 Å². The second kappa shape index (κ2) is 8.47. The first kappa shape index (κ1) is 21.6. The number of carbonyl (C=O) groups is 1. The molecule has 0 aliphatic heterocycles. The molecule has 0 aliphatic carbocycles. The van der Waals surface area contributed by atoms with Gasteiger partial charge < -0.3 is 9.26 Å². The minimum absolute atomic E-state index is 0.0408. The zero-order valence-electron chi connectivity index (χ0n) is 17.9. The maximum absolute atomic E-state index is 13.1. The SMILES string of the molecule is Cc1noc(C)c1CC(=O)Oc1ccc(N(C)S(=O)(=O)c2ccc3ccccc3c2)cc1. The van der Waals surface area contributed by atoms with Crippen molar-refractivity contribution in [2.45, 2.75) is 25.2 Å². The number of rotatable bonds is 6. The average Bonchev–Trinajstić information content (AvgIpc) is 3.10. The van der Waals surface area contributed by atoms with Crippen molar-refractivity contribution in [3.8, 4) is 5.75 Å². The summed E-state index contributed by atoms with van der Waals surface area (Å²) in [5, 5.41) is 5.65. The maximum atomic E-state index is 13.1. The van der Waals surface area contributed by atoms with E-state index in [2.05, 4.69) is 5.16 Å². The van der Waals surface area contributed by atoms with Gasteiger partial charge >= 0.3 is 5.97 Å². The summed E-state index contributed by atoms with van der Waals surface area (Å²) in [5.41, 5.74) is 1.80. The molecule has 1 aromatic heterocycles. The fraction of sp³-hybridized carbons (Fsp3) is 0.167. The van der Waals surface area contributed by atoms with Crippen LogP contribution >= 0.6 is 0 Å². The van der Waals surface area contributed by atoms with Crippen LogP contribution in [-0.2, 0) is 21.2 Å². The number of hydrogen-bond acceptors (Lipinski definition) is 6. The van der Waals surface area contributed by atoms with E-state index >= 15 is 0 Å². The fourth-order valence-electron chi connectivity index (χ4n) is 3.41. The highest BCUT2D eigenvalue weighted by Crippen LogP contribution is 2.27. The molecule has 8 heteroatoms. The largest absolute Gasteiger partial charge is 0.426 e. The van der Waals surface area contributed by atoms with Crippen molar-refractivity contribution in [2.24, 2.45) is 0 Å². The summed E-state index contributed by atoms with van der Waals surface area (Å²) < 4.78 is 37.8. The van der Waals surface area contributed by atoms with Crippen molar-refractivity contribution in [2.75, 3.05) is 11.4 Å². The number of hydrogen-bond donors (Lipinski definition) is 0. The smallest absolute Gasteiger partial charge is 0.315 e. The quantitative estimate of drug-likeness (QED) is 0.319. The first-order valence-corrected chi connectivity index (χ1v) is 11.4. The molecule has 0 radical (unpaired) electrons. The van der Waals surface area contributed by atoms with Gasteiger partial charge in [-0.25, -0.2) is 8.42 Å². The zero-order chi connectivity index (χ0) is 22.9. The van der Waals surface area contributed by atoms with E-state index in [0.29, 0.717) is 28.5 Å². The van der Waals surface area contributed by atoms with Crippen LogP contribution in [0, 0.1) is 13.8 Å². The third kappa shape index (κ3) is 4.22. The first-order valence-electron chi connectivity index (χ1n) is 9.96. The van der Waals surface area contributed by atoms with E-state index in [0.717, 1.165) is 10.8 Å². The van der Waals surface area contributed by atoms with Gasteiger partial charge in [0.2, 0.25) is 0 Å². The number of carbonyl (C=O) groups excluding carboxylic acids is 1. The summed E-state index contributed by atoms with van der Waals surface area (Å²) in [6, 6.07) is 18.9. The van der Waals surface area contributed by atoms with Crippen LogP contribution in [0.4, 0.5) is 5.69 Å². The lowest BCUT2D eigenvalue weighted by Gasteiger charge is -2.20. The van der Waals surface area contributed by atoms with Gasteiger partial charge in [0, 0.05) is 12.6 Å². The number of aryl methyl sites for hydroxylation is 2. The number of ether oxygens (including phenoxy) is 1. The lowest BCUT2D eigenvalue weighted by atomic mass is 10.1. The normalized spacial score (nSPS) is 11.5. The van der Waals surface area contributed by atoms with Crippen LogP contribution in [0.5, 0.6) is 5.75 Å². The minimum Gasteiger partial charge on any atom is -0.426 e. The van der Waals surface area contributed by atoms with Crippen molar-refractivity contribution >= 4 is 32.5 Å². The molecule has 164 valence electrons. The lowest BCUT2D eigenvalue weighted by molar-refractivity contribution is -0.133. The number of anilines is 1. The Morgan fingerprint density at radius 2 is 1.69 bits per heavy atom. The molecule has 0 N–H and O–H groups in total. The van der Waals surface area contributed by atoms with Gasteiger partial charge in [-0.2, -0.15) is 0 Å². The second-order valence-corrected chi connectivity index (χ2v) is 9.40. The Morgan fingerprint density at radius 1 is 1.00 bits per heavy atom. The van der Waals surface area contributed by atoms with Crippen molar-refractivity contribution in [1.29, 1.82) is 0 Å². The number of aromatic nitrogens is 1. The van der Waals surface area contributed by atoms with Crippen LogP contribution in [0.2, 0.25) is 0 Å². The Balaban J connectivity index is 1.49. The molecule has 0 unspecified atom stereocenters. The van der Waals surface area contributed by atoms with Crippen LogP contribution in [0.15, 0.2) is 76.1 Å². The average molecular weight is 451 g/mol. The van der Waals surface area contributed by atoms with E-state index < -0.39 is 16.0 Å². The Labute approximate surface area is 186 Å². The molecule has 0 saturated heterocycles. The molecule has 0 atom stereocenters. The maximum Gasteiger partial charge on any atom is 0.315 e. The highest BCUT2D eigenvalue weighted by atomic mass is 32.2. The highest BCUT2D eigenvalue weighted by molar-refractivity contribution is 7.92. The molecule has 4 rings (SSSR count). The van der Waals surface area contributed by atoms with Gasteiger partial charge in [0.15, 0.2) is 0 Å². The molecular formula is C24H22N2O5S. The number of benzene rings is 3. The topological polar surface area (TPSA) is 89.7 Å². The van der Waals surface area contributed by atoms with Crippen LogP contribution < -0.4 is 9.04 Å². The van der Waals surface area contributed by atoms with Crippen LogP contribution in [0.1, 0.15) is 17.0 Å². The molecule has 4 aromatic rings. The minimum atomic E-state index is -3.75. The Morgan fingerprint density at radius 3 is 2.34 bits per heavy atom. The molecule has 1 heterocycles. The van der Waals surface area contributed by atoms with Gasteiger partial charge in [-0.15, -0.1) is 0 Å². The molecule has 0 aliphatic rings. The molecule has 0 amide bonds. The number of sulfonamides is 1. The van der Waals surface area contributed by atoms with E-state index in [1.165, 1.54) is 11.4 Å². The summed E-state index contributed by atoms with van der Waals surface area (Å²) in [7, 11) is -2.27. The van der Waals surface area contributed by atoms with Gasteiger partial charge in [-0.05, 0) is 61.0 Å². The summed E-state index contributed by atoms with van der Waals surface area (Å²) in [6.07, 6.45) is 0.0408. The number of esters is 1. The third-order valence-electron chi connectivity index (χ3n) is 5.31. The van der Waals surface area contributed by atoms with Crippen LogP contribution in [0.3, 0.4) is 0 Å². The van der Waals surface area contributed by atoms with Gasteiger partial charge in [0.05, 0.1) is 22.7 Å². The van der Waals surface area contributed by atoms with E-state index in [1.807, 2.05) is 24.3 Å². The molecule has 0 saturated carbocycles. The summed E-state index contributed by atoms with van der Waals surface area (Å²) in [4.78, 5) is 12.5. The molecule has 7 nitrogen and oxygen atoms in total. The van der Waals surface area contributed by atoms with Crippen molar-refractivity contribution in [3.05, 3.63) is 83.7 Å². The Hall–Kier alpha value is -3.65. The van der Waals surface area contributed by atoms with Gasteiger partial charge in [-0.3, -0.25) is 9.10 Å². The third-order valence-corrected chi connectivity index (χ3v) is 7.10. The second-order valence-electron chi connectivity index (χ2n) is 7.43. The van der Waals surface area contributed by atoms with E-state index in [1.54, 1.807) is 56.3 Å². The van der Waals surface area contributed by atoms with Gasteiger partial charge in [0.25, 0.3) is 10.0 Å². The first-order chi connectivity index (χ1) is 15.3. The molecule has 3 aromatic carbocycles. The Kier molecular flexibility index (Phi) is 5.71. The molecule has 0 spiro atoms. The van der Waals surface area contributed by atoms with Crippen LogP contribution in [-0.4, -0.2) is 26.6 Å². The van der Waals surface area contributed by atoms with Crippen molar-refractivity contribution < 1.29 is 22.5 Å². The standard InChI is InChI=1S/C24H22N2O5S/c1-16-23(17(2)31-25-16)15-24(27)30-21-11-9-20(10-12-21)26(3)32(28,29)22-13-8-18-6-4-5-7-19(18)14-22/h4-14H,15H2,1-3H3. The fourth-order valence-corrected chi connectivity index (χ4v) is 4.65. The summed E-state index contributed by atoms with van der Waals surface area (Å²) in [6.45, 7) is 3.50. The zero-order valence-corrected chi connectivity index (χ0v) is 18.7. The molecule has 0 fully saturated rings. The summed E-state index contributed by atoms with van der Waals surface area (Å²) >= 11 is 0. The van der Waals surface area contributed by atoms with Crippen LogP contribution in [0.25, 0.3) is 10.8 Å².